The van der Waals surface area contributed by atoms with Crippen molar-refractivity contribution >= 4 is 5.91 Å². The topological polar surface area (TPSA) is 69.6 Å². The van der Waals surface area contributed by atoms with Crippen LogP contribution in [0.3, 0.4) is 0 Å². The zero-order chi connectivity index (χ0) is 13.0. The maximum Gasteiger partial charge on any atom is 0.223 e. The van der Waals surface area contributed by atoms with Gasteiger partial charge in [0.2, 0.25) is 5.91 Å². The Balaban J connectivity index is 1.77. The fraction of sp³-hybridized carbons (Fsp3) is 0.929. The molecule has 0 aromatic carbocycles. The number of hydrogen-bond acceptors (Lipinski definition) is 3. The second-order valence-corrected chi connectivity index (χ2v) is 6.09. The Morgan fingerprint density at radius 3 is 2.33 bits per heavy atom. The fourth-order valence-electron chi connectivity index (χ4n) is 3.27. The first kappa shape index (κ1) is 13.8. The Bertz CT molecular complexity index is 279. The van der Waals surface area contributed by atoms with E-state index in [2.05, 4.69) is 5.32 Å². The molecule has 3 N–H and O–H groups in total. The Labute approximate surface area is 109 Å². The number of hydrogen-bond donors (Lipinski definition) is 3. The summed E-state index contributed by atoms with van der Waals surface area (Å²) in [5, 5.41) is 21.9. The van der Waals surface area contributed by atoms with Crippen molar-refractivity contribution in [3.05, 3.63) is 0 Å². The van der Waals surface area contributed by atoms with Crippen LogP contribution in [0.5, 0.6) is 0 Å². The quantitative estimate of drug-likeness (QED) is 0.707. The van der Waals surface area contributed by atoms with Crippen LogP contribution in [0.2, 0.25) is 0 Å². The maximum absolute atomic E-state index is 12.0. The molecule has 0 heterocycles. The third-order valence-electron chi connectivity index (χ3n) is 4.70. The number of rotatable bonds is 4. The van der Waals surface area contributed by atoms with Crippen molar-refractivity contribution in [1.82, 2.24) is 5.32 Å². The SMILES string of the molecule is O=C(NCC1(CO)CCCC1)C1CCC(O)CC1. The normalized spacial score (nSPS) is 31.2. The number of nitrogens with one attached hydrogen (secondary N) is 1. The molecule has 1 amide bonds. The van der Waals surface area contributed by atoms with E-state index in [4.69, 9.17) is 0 Å². The Morgan fingerprint density at radius 2 is 1.78 bits per heavy atom. The van der Waals surface area contributed by atoms with Gasteiger partial charge in [0.1, 0.15) is 0 Å². The predicted molar refractivity (Wildman–Crippen MR) is 69.0 cm³/mol. The lowest BCUT2D eigenvalue weighted by atomic mass is 9.85. The monoisotopic (exact) mass is 255 g/mol. The van der Waals surface area contributed by atoms with Crippen LogP contribution in [0.1, 0.15) is 51.4 Å². The molecule has 0 aliphatic heterocycles. The highest BCUT2D eigenvalue weighted by Gasteiger charge is 2.34. The number of amides is 1. The first-order chi connectivity index (χ1) is 8.65. The summed E-state index contributed by atoms with van der Waals surface area (Å²) in [4.78, 5) is 12.0. The summed E-state index contributed by atoms with van der Waals surface area (Å²) >= 11 is 0. The lowest BCUT2D eigenvalue weighted by molar-refractivity contribution is -0.127. The van der Waals surface area contributed by atoms with E-state index in [-0.39, 0.29) is 30.0 Å². The van der Waals surface area contributed by atoms with Crippen molar-refractivity contribution in [1.29, 1.82) is 0 Å². The van der Waals surface area contributed by atoms with Gasteiger partial charge in [-0.25, -0.2) is 0 Å². The van der Waals surface area contributed by atoms with Gasteiger partial charge in [-0.1, -0.05) is 12.8 Å². The lowest BCUT2D eigenvalue weighted by Crippen LogP contribution is -2.41. The molecule has 0 unspecified atom stereocenters. The van der Waals surface area contributed by atoms with E-state index in [1.807, 2.05) is 0 Å². The van der Waals surface area contributed by atoms with Crippen LogP contribution in [0, 0.1) is 11.3 Å². The standard InChI is InChI=1S/C14H25NO3/c16-10-14(7-1-2-8-14)9-15-13(18)11-3-5-12(17)6-4-11/h11-12,16-17H,1-10H2,(H,15,18). The van der Waals surface area contributed by atoms with Crippen LogP contribution >= 0.6 is 0 Å². The molecule has 0 bridgehead atoms. The zero-order valence-electron chi connectivity index (χ0n) is 11.0. The highest BCUT2D eigenvalue weighted by atomic mass is 16.3. The number of aliphatic hydroxyl groups excluding tert-OH is 2. The van der Waals surface area contributed by atoms with E-state index >= 15 is 0 Å². The van der Waals surface area contributed by atoms with Crippen molar-refractivity contribution in [2.45, 2.75) is 57.5 Å². The van der Waals surface area contributed by atoms with Crippen LogP contribution in [-0.4, -0.2) is 35.4 Å². The van der Waals surface area contributed by atoms with Crippen LogP contribution in [-0.2, 0) is 4.79 Å². The average Bonchev–Trinajstić information content (AvgIpc) is 2.86. The molecule has 104 valence electrons. The number of carbonyl (C=O) groups excluding carboxylic acids is 1. The van der Waals surface area contributed by atoms with Gasteiger partial charge in [-0.15, -0.1) is 0 Å². The minimum absolute atomic E-state index is 0.0607. The van der Waals surface area contributed by atoms with E-state index in [1.54, 1.807) is 0 Å². The molecule has 4 heteroatoms. The van der Waals surface area contributed by atoms with Crippen molar-refractivity contribution in [3.8, 4) is 0 Å². The van der Waals surface area contributed by atoms with Gasteiger partial charge in [-0.05, 0) is 38.5 Å². The van der Waals surface area contributed by atoms with Gasteiger partial charge in [0.05, 0.1) is 12.7 Å². The second kappa shape index (κ2) is 6.02. The Kier molecular flexibility index (Phi) is 4.62. The average molecular weight is 255 g/mol. The summed E-state index contributed by atoms with van der Waals surface area (Å²) in [6.07, 6.45) is 7.20. The smallest absolute Gasteiger partial charge is 0.223 e. The van der Waals surface area contributed by atoms with Crippen molar-refractivity contribution in [2.24, 2.45) is 11.3 Å². The summed E-state index contributed by atoms with van der Waals surface area (Å²) in [6, 6.07) is 0. The molecule has 2 rings (SSSR count). The van der Waals surface area contributed by atoms with Crippen molar-refractivity contribution in [3.63, 3.8) is 0 Å². The van der Waals surface area contributed by atoms with E-state index in [1.165, 1.54) is 0 Å². The third-order valence-corrected chi connectivity index (χ3v) is 4.70. The van der Waals surface area contributed by atoms with Gasteiger partial charge < -0.3 is 15.5 Å². The van der Waals surface area contributed by atoms with E-state index in [0.29, 0.717) is 6.54 Å². The maximum atomic E-state index is 12.0. The van der Waals surface area contributed by atoms with Gasteiger partial charge in [-0.3, -0.25) is 4.79 Å². The zero-order valence-corrected chi connectivity index (χ0v) is 11.0. The van der Waals surface area contributed by atoms with Gasteiger partial charge in [0.15, 0.2) is 0 Å². The molecule has 0 atom stereocenters. The Morgan fingerprint density at radius 1 is 1.17 bits per heavy atom. The van der Waals surface area contributed by atoms with Gasteiger partial charge in [0, 0.05) is 17.9 Å². The molecular weight excluding hydrogens is 230 g/mol. The van der Waals surface area contributed by atoms with E-state index < -0.39 is 0 Å². The molecule has 2 aliphatic rings. The molecule has 0 saturated heterocycles. The summed E-state index contributed by atoms with van der Waals surface area (Å²) in [7, 11) is 0. The summed E-state index contributed by atoms with van der Waals surface area (Å²) < 4.78 is 0. The van der Waals surface area contributed by atoms with Crippen molar-refractivity contribution < 1.29 is 15.0 Å². The largest absolute Gasteiger partial charge is 0.396 e. The summed E-state index contributed by atoms with van der Waals surface area (Å²) in [5.41, 5.74) is -0.0656. The fourth-order valence-corrected chi connectivity index (χ4v) is 3.27. The van der Waals surface area contributed by atoms with Gasteiger partial charge in [-0.2, -0.15) is 0 Å². The lowest BCUT2D eigenvalue weighted by Gasteiger charge is -2.29. The third kappa shape index (κ3) is 3.23. The van der Waals surface area contributed by atoms with E-state index in [9.17, 15) is 15.0 Å². The first-order valence-electron chi connectivity index (χ1n) is 7.22. The van der Waals surface area contributed by atoms with Crippen LogP contribution in [0.15, 0.2) is 0 Å². The molecule has 0 radical (unpaired) electrons. The number of aliphatic hydroxyl groups is 2. The minimum atomic E-state index is -0.215. The molecule has 2 fully saturated rings. The molecule has 0 aromatic heterocycles. The van der Waals surface area contributed by atoms with Gasteiger partial charge >= 0.3 is 0 Å². The van der Waals surface area contributed by atoms with E-state index in [0.717, 1.165) is 51.4 Å². The second-order valence-electron chi connectivity index (χ2n) is 6.09. The molecule has 2 aliphatic carbocycles. The summed E-state index contributed by atoms with van der Waals surface area (Å²) in [6.45, 7) is 0.790. The number of carbonyl (C=O) groups is 1. The molecule has 18 heavy (non-hydrogen) atoms. The molecular formula is C14H25NO3. The highest BCUT2D eigenvalue weighted by molar-refractivity contribution is 5.78. The molecule has 0 aromatic rings. The van der Waals surface area contributed by atoms with Crippen molar-refractivity contribution in [2.75, 3.05) is 13.2 Å². The van der Waals surface area contributed by atoms with Crippen LogP contribution in [0.4, 0.5) is 0 Å². The highest BCUT2D eigenvalue weighted by Crippen LogP contribution is 2.37. The van der Waals surface area contributed by atoms with Crippen LogP contribution < -0.4 is 5.32 Å². The predicted octanol–water partition coefficient (Wildman–Crippen LogP) is 1.21. The molecule has 2 saturated carbocycles. The minimum Gasteiger partial charge on any atom is -0.396 e. The summed E-state index contributed by atoms with van der Waals surface area (Å²) in [5.74, 6) is 0.173. The van der Waals surface area contributed by atoms with Crippen LogP contribution in [0.25, 0.3) is 0 Å². The Hall–Kier alpha value is -0.610. The first-order valence-corrected chi connectivity index (χ1v) is 7.22. The molecule has 4 nitrogen and oxygen atoms in total. The molecule has 0 spiro atoms. The van der Waals surface area contributed by atoms with Gasteiger partial charge in [0.25, 0.3) is 0 Å².